The van der Waals surface area contributed by atoms with E-state index in [1.807, 2.05) is 0 Å². The lowest BCUT2D eigenvalue weighted by atomic mass is 10.1. The Hall–Kier alpha value is -0.160. The van der Waals surface area contributed by atoms with Crippen LogP contribution in [-0.4, -0.2) is 35.3 Å². The van der Waals surface area contributed by atoms with Gasteiger partial charge >= 0.3 is 0 Å². The molecule has 53 valence electrons. The molecule has 1 rings (SSSR count). The Balaban J connectivity index is 2.41. The van der Waals surface area contributed by atoms with Crippen LogP contribution in [0.15, 0.2) is 0 Å². The molecule has 1 aliphatic heterocycles. The minimum absolute atomic E-state index is 0.265. The van der Waals surface area contributed by atoms with E-state index >= 15 is 0 Å². The Bertz CT molecular complexity index is 85.0. The van der Waals surface area contributed by atoms with Crippen molar-refractivity contribution >= 4 is 0 Å². The van der Waals surface area contributed by atoms with Crippen molar-refractivity contribution in [1.29, 1.82) is 0 Å². The molecular weight excluding hydrogens is 124 g/mol. The SMILES string of the molecule is [O]C1C(O)CCOC1O. The zero-order chi connectivity index (χ0) is 6.85. The quantitative estimate of drug-likeness (QED) is 0.440. The highest BCUT2D eigenvalue weighted by molar-refractivity contribution is 4.73. The van der Waals surface area contributed by atoms with E-state index in [4.69, 9.17) is 10.2 Å². The van der Waals surface area contributed by atoms with Gasteiger partial charge in [0.1, 0.15) is 0 Å². The van der Waals surface area contributed by atoms with Gasteiger partial charge in [0.2, 0.25) is 0 Å². The van der Waals surface area contributed by atoms with Crippen LogP contribution in [0.3, 0.4) is 0 Å². The van der Waals surface area contributed by atoms with Gasteiger partial charge in [-0.1, -0.05) is 0 Å². The van der Waals surface area contributed by atoms with Crippen molar-refractivity contribution in [3.05, 3.63) is 0 Å². The molecule has 0 spiro atoms. The Morgan fingerprint density at radius 1 is 1.44 bits per heavy atom. The Morgan fingerprint density at radius 3 is 2.56 bits per heavy atom. The van der Waals surface area contributed by atoms with Crippen molar-refractivity contribution in [3.63, 3.8) is 0 Å². The van der Waals surface area contributed by atoms with Crippen molar-refractivity contribution in [2.75, 3.05) is 6.61 Å². The van der Waals surface area contributed by atoms with Crippen molar-refractivity contribution < 1.29 is 20.1 Å². The monoisotopic (exact) mass is 133 g/mol. The summed E-state index contributed by atoms with van der Waals surface area (Å²) >= 11 is 0. The summed E-state index contributed by atoms with van der Waals surface area (Å²) in [5, 5.41) is 28.0. The third-order valence-corrected chi connectivity index (χ3v) is 1.36. The Morgan fingerprint density at radius 2 is 2.11 bits per heavy atom. The van der Waals surface area contributed by atoms with Gasteiger partial charge in [-0.25, -0.2) is 5.11 Å². The molecule has 3 atom stereocenters. The molecular formula is C5H9O4. The summed E-state index contributed by atoms with van der Waals surface area (Å²) in [6.07, 6.45) is -3.34. The van der Waals surface area contributed by atoms with Crippen molar-refractivity contribution in [1.82, 2.24) is 0 Å². The van der Waals surface area contributed by atoms with Crippen LogP contribution in [-0.2, 0) is 9.84 Å². The van der Waals surface area contributed by atoms with Gasteiger partial charge in [0.05, 0.1) is 12.7 Å². The summed E-state index contributed by atoms with van der Waals surface area (Å²) in [4.78, 5) is 0. The van der Waals surface area contributed by atoms with Gasteiger partial charge in [0.25, 0.3) is 0 Å². The molecule has 0 amide bonds. The van der Waals surface area contributed by atoms with Crippen molar-refractivity contribution in [3.8, 4) is 0 Å². The highest BCUT2D eigenvalue weighted by Gasteiger charge is 2.30. The fraction of sp³-hybridized carbons (Fsp3) is 1.00. The van der Waals surface area contributed by atoms with Gasteiger partial charge < -0.3 is 14.9 Å². The molecule has 1 aliphatic rings. The van der Waals surface area contributed by atoms with Crippen LogP contribution < -0.4 is 0 Å². The Kier molecular flexibility index (Phi) is 2.02. The predicted molar refractivity (Wildman–Crippen MR) is 27.1 cm³/mol. The fourth-order valence-corrected chi connectivity index (χ4v) is 0.759. The number of aliphatic hydroxyl groups excluding tert-OH is 2. The van der Waals surface area contributed by atoms with E-state index in [0.717, 1.165) is 0 Å². The van der Waals surface area contributed by atoms with E-state index in [0.29, 0.717) is 6.42 Å². The van der Waals surface area contributed by atoms with Gasteiger partial charge in [-0.15, -0.1) is 0 Å². The lowest BCUT2D eigenvalue weighted by molar-refractivity contribution is -0.236. The van der Waals surface area contributed by atoms with E-state index < -0.39 is 18.5 Å². The zero-order valence-electron chi connectivity index (χ0n) is 4.86. The summed E-state index contributed by atoms with van der Waals surface area (Å²) < 4.78 is 4.54. The maximum absolute atomic E-state index is 10.6. The summed E-state index contributed by atoms with van der Waals surface area (Å²) in [6, 6.07) is 0. The van der Waals surface area contributed by atoms with Crippen LogP contribution in [0, 0.1) is 0 Å². The molecule has 0 saturated carbocycles. The molecule has 0 aromatic heterocycles. The topological polar surface area (TPSA) is 69.6 Å². The van der Waals surface area contributed by atoms with Crippen LogP contribution in [0.2, 0.25) is 0 Å². The molecule has 4 heteroatoms. The van der Waals surface area contributed by atoms with Crippen molar-refractivity contribution in [2.24, 2.45) is 0 Å². The molecule has 0 aliphatic carbocycles. The third-order valence-electron chi connectivity index (χ3n) is 1.36. The smallest absolute Gasteiger partial charge is 0.186 e. The van der Waals surface area contributed by atoms with Crippen LogP contribution in [0.1, 0.15) is 6.42 Å². The van der Waals surface area contributed by atoms with Crippen LogP contribution in [0.5, 0.6) is 0 Å². The van der Waals surface area contributed by atoms with Gasteiger partial charge in [-0.2, -0.15) is 0 Å². The summed E-state index contributed by atoms with van der Waals surface area (Å²) in [5.74, 6) is 0. The fourth-order valence-electron chi connectivity index (χ4n) is 0.759. The van der Waals surface area contributed by atoms with Crippen molar-refractivity contribution in [2.45, 2.75) is 24.9 Å². The molecule has 0 bridgehead atoms. The molecule has 0 aromatic carbocycles. The average molecular weight is 133 g/mol. The van der Waals surface area contributed by atoms with Crippen LogP contribution in [0.25, 0.3) is 0 Å². The lowest BCUT2D eigenvalue weighted by Gasteiger charge is -2.26. The summed E-state index contributed by atoms with van der Waals surface area (Å²) in [6.45, 7) is 0.265. The second-order valence-electron chi connectivity index (χ2n) is 2.08. The second kappa shape index (κ2) is 2.62. The molecule has 4 nitrogen and oxygen atoms in total. The lowest BCUT2D eigenvalue weighted by Crippen LogP contribution is -2.43. The number of aliphatic hydroxyl groups is 2. The molecule has 9 heavy (non-hydrogen) atoms. The normalized spacial score (nSPS) is 45.0. The molecule has 0 aromatic rings. The molecule has 3 unspecified atom stereocenters. The number of hydrogen-bond donors (Lipinski definition) is 2. The van der Waals surface area contributed by atoms with Gasteiger partial charge in [0, 0.05) is 0 Å². The number of ether oxygens (including phenoxy) is 1. The first-order valence-corrected chi connectivity index (χ1v) is 2.85. The first-order valence-electron chi connectivity index (χ1n) is 2.85. The first kappa shape index (κ1) is 6.95. The zero-order valence-corrected chi connectivity index (χ0v) is 4.86. The van der Waals surface area contributed by atoms with E-state index in [-0.39, 0.29) is 6.61 Å². The summed E-state index contributed by atoms with van der Waals surface area (Å²) in [5.41, 5.74) is 0. The molecule has 1 radical (unpaired) electrons. The second-order valence-corrected chi connectivity index (χ2v) is 2.08. The van der Waals surface area contributed by atoms with Gasteiger partial charge in [-0.3, -0.25) is 0 Å². The van der Waals surface area contributed by atoms with E-state index in [1.165, 1.54) is 0 Å². The number of rotatable bonds is 0. The van der Waals surface area contributed by atoms with Crippen LogP contribution >= 0.6 is 0 Å². The Labute approximate surface area is 52.7 Å². The maximum Gasteiger partial charge on any atom is 0.186 e. The number of hydrogen-bond acceptors (Lipinski definition) is 3. The van der Waals surface area contributed by atoms with Crippen LogP contribution in [0.4, 0.5) is 0 Å². The molecule has 1 heterocycles. The molecule has 2 N–H and O–H groups in total. The van der Waals surface area contributed by atoms with E-state index in [1.54, 1.807) is 0 Å². The van der Waals surface area contributed by atoms with Gasteiger partial charge in [0.15, 0.2) is 12.4 Å². The minimum Gasteiger partial charge on any atom is -0.390 e. The standard InChI is InChI=1S/C5H9O4/c6-3-1-2-9-5(8)4(3)7/h3-6,8H,1-2H2. The largest absolute Gasteiger partial charge is 0.390 e. The molecule has 1 fully saturated rings. The maximum atomic E-state index is 10.6. The van der Waals surface area contributed by atoms with E-state index in [2.05, 4.69) is 4.74 Å². The molecule has 1 saturated heterocycles. The summed E-state index contributed by atoms with van der Waals surface area (Å²) in [7, 11) is 0. The minimum atomic E-state index is -1.39. The predicted octanol–water partition coefficient (Wildman–Crippen LogP) is -1.11. The van der Waals surface area contributed by atoms with E-state index in [9.17, 15) is 5.11 Å². The third kappa shape index (κ3) is 1.40. The highest BCUT2D eigenvalue weighted by Crippen LogP contribution is 2.12. The average Bonchev–Trinajstić information content (AvgIpc) is 1.83. The highest BCUT2D eigenvalue weighted by atomic mass is 16.6. The van der Waals surface area contributed by atoms with Gasteiger partial charge in [-0.05, 0) is 6.42 Å². The first-order chi connectivity index (χ1) is 4.22.